The summed E-state index contributed by atoms with van der Waals surface area (Å²) in [6.07, 6.45) is 7.94. The monoisotopic (exact) mass is 242 g/mol. The summed E-state index contributed by atoms with van der Waals surface area (Å²) in [5, 5.41) is 0.341. The van der Waals surface area contributed by atoms with E-state index in [4.69, 9.17) is 16.3 Å². The van der Waals surface area contributed by atoms with Crippen molar-refractivity contribution in [3.05, 3.63) is 17.5 Å². The molecule has 1 rings (SSSR count). The van der Waals surface area contributed by atoms with Crippen LogP contribution in [-0.2, 0) is 0 Å². The molecule has 0 N–H and O–H groups in total. The van der Waals surface area contributed by atoms with Crippen molar-refractivity contribution in [1.82, 2.24) is 9.97 Å². The van der Waals surface area contributed by atoms with E-state index in [1.165, 1.54) is 19.3 Å². The van der Waals surface area contributed by atoms with Gasteiger partial charge in [-0.25, -0.2) is 9.97 Å². The Morgan fingerprint density at radius 1 is 1.31 bits per heavy atom. The van der Waals surface area contributed by atoms with Gasteiger partial charge in [-0.3, -0.25) is 0 Å². The summed E-state index contributed by atoms with van der Waals surface area (Å²) < 4.78 is 5.58. The third-order valence-electron chi connectivity index (χ3n) is 2.62. The Bertz CT molecular complexity index is 307. The van der Waals surface area contributed by atoms with E-state index in [1.54, 1.807) is 12.4 Å². The quantitative estimate of drug-likeness (QED) is 0.731. The normalized spacial score (nSPS) is 12.4. The predicted molar refractivity (Wildman–Crippen MR) is 65.8 cm³/mol. The van der Waals surface area contributed by atoms with Crippen LogP contribution in [0.3, 0.4) is 0 Å². The molecule has 0 fully saturated rings. The van der Waals surface area contributed by atoms with E-state index < -0.39 is 0 Å². The van der Waals surface area contributed by atoms with Crippen molar-refractivity contribution < 1.29 is 4.74 Å². The molecule has 0 aliphatic heterocycles. The molecule has 4 heteroatoms. The minimum absolute atomic E-state index is 0.341. The summed E-state index contributed by atoms with van der Waals surface area (Å²) >= 11 is 5.86. The topological polar surface area (TPSA) is 35.0 Å². The Balaban J connectivity index is 2.40. The van der Waals surface area contributed by atoms with Crippen LogP contribution < -0.4 is 4.74 Å². The molecule has 1 aromatic heterocycles. The van der Waals surface area contributed by atoms with Crippen LogP contribution in [0.1, 0.15) is 39.5 Å². The van der Waals surface area contributed by atoms with Crippen LogP contribution in [0.25, 0.3) is 0 Å². The molecule has 0 spiro atoms. The van der Waals surface area contributed by atoms with Gasteiger partial charge in [0.05, 0.1) is 6.61 Å². The van der Waals surface area contributed by atoms with Gasteiger partial charge in [0.15, 0.2) is 5.15 Å². The smallest absolute Gasteiger partial charge is 0.252 e. The largest absolute Gasteiger partial charge is 0.475 e. The zero-order chi connectivity index (χ0) is 11.8. The summed E-state index contributed by atoms with van der Waals surface area (Å²) in [5.41, 5.74) is 0. The fourth-order valence-electron chi connectivity index (χ4n) is 1.50. The molecular formula is C12H19ClN2O. The van der Waals surface area contributed by atoms with Crippen LogP contribution in [0.4, 0.5) is 0 Å². The van der Waals surface area contributed by atoms with Crippen molar-refractivity contribution in [2.45, 2.75) is 39.5 Å². The molecule has 0 saturated heterocycles. The first-order chi connectivity index (χ1) is 7.77. The van der Waals surface area contributed by atoms with Crippen LogP contribution >= 0.6 is 11.6 Å². The Morgan fingerprint density at radius 3 is 2.69 bits per heavy atom. The number of unbranched alkanes of at least 4 members (excludes halogenated alkanes) is 1. The van der Waals surface area contributed by atoms with E-state index in [2.05, 4.69) is 23.8 Å². The Hall–Kier alpha value is -0.830. The van der Waals surface area contributed by atoms with Gasteiger partial charge in [-0.15, -0.1) is 0 Å². The van der Waals surface area contributed by atoms with Crippen LogP contribution in [0.2, 0.25) is 5.15 Å². The van der Waals surface area contributed by atoms with Gasteiger partial charge in [-0.1, -0.05) is 44.7 Å². The molecule has 16 heavy (non-hydrogen) atoms. The number of halogens is 1. The van der Waals surface area contributed by atoms with Crippen molar-refractivity contribution >= 4 is 11.6 Å². The molecule has 0 amide bonds. The maximum atomic E-state index is 5.86. The number of ether oxygens (including phenoxy) is 1. The highest BCUT2D eigenvalue weighted by Crippen LogP contribution is 2.19. The number of nitrogens with zero attached hydrogens (tertiary/aromatic N) is 2. The molecule has 0 bridgehead atoms. The van der Waals surface area contributed by atoms with E-state index in [0.29, 0.717) is 23.6 Å². The summed E-state index contributed by atoms with van der Waals surface area (Å²) in [6.45, 7) is 5.06. The van der Waals surface area contributed by atoms with Gasteiger partial charge in [0.1, 0.15) is 0 Å². The first kappa shape index (κ1) is 13.2. The van der Waals surface area contributed by atoms with E-state index in [0.717, 1.165) is 6.42 Å². The van der Waals surface area contributed by atoms with E-state index in [9.17, 15) is 0 Å². The number of aromatic nitrogens is 2. The molecule has 0 aliphatic rings. The lowest BCUT2D eigenvalue weighted by Gasteiger charge is -2.15. The lowest BCUT2D eigenvalue weighted by molar-refractivity contribution is 0.225. The third kappa shape index (κ3) is 4.35. The first-order valence-electron chi connectivity index (χ1n) is 5.87. The SMILES string of the molecule is CCCCC(CC)COc1nccnc1Cl. The highest BCUT2D eigenvalue weighted by atomic mass is 35.5. The molecule has 0 radical (unpaired) electrons. The van der Waals surface area contributed by atoms with Gasteiger partial charge < -0.3 is 4.74 Å². The lowest BCUT2D eigenvalue weighted by atomic mass is 10.0. The standard InChI is InChI=1S/C12H19ClN2O/c1-3-5-6-10(4-2)9-16-12-11(13)14-7-8-15-12/h7-8,10H,3-6,9H2,1-2H3. The molecule has 0 aliphatic carbocycles. The molecular weight excluding hydrogens is 224 g/mol. The Morgan fingerprint density at radius 2 is 2.06 bits per heavy atom. The molecule has 3 nitrogen and oxygen atoms in total. The average molecular weight is 243 g/mol. The predicted octanol–water partition coefficient (Wildman–Crippen LogP) is 3.73. The summed E-state index contributed by atoms with van der Waals surface area (Å²) in [4.78, 5) is 7.97. The number of hydrogen-bond acceptors (Lipinski definition) is 3. The molecule has 1 heterocycles. The maximum Gasteiger partial charge on any atom is 0.252 e. The van der Waals surface area contributed by atoms with Gasteiger partial charge in [0, 0.05) is 12.4 Å². The average Bonchev–Trinajstić information content (AvgIpc) is 2.31. The van der Waals surface area contributed by atoms with Crippen molar-refractivity contribution in [2.24, 2.45) is 5.92 Å². The summed E-state index contributed by atoms with van der Waals surface area (Å²) in [7, 11) is 0. The van der Waals surface area contributed by atoms with Gasteiger partial charge in [-0.2, -0.15) is 0 Å². The zero-order valence-corrected chi connectivity index (χ0v) is 10.7. The third-order valence-corrected chi connectivity index (χ3v) is 2.88. The fraction of sp³-hybridized carbons (Fsp3) is 0.667. The fourth-order valence-corrected chi connectivity index (χ4v) is 1.66. The first-order valence-corrected chi connectivity index (χ1v) is 6.25. The highest BCUT2D eigenvalue weighted by molar-refractivity contribution is 6.30. The maximum absolute atomic E-state index is 5.86. The molecule has 1 aromatic rings. The summed E-state index contributed by atoms with van der Waals surface area (Å²) in [5.74, 6) is 1.03. The minimum Gasteiger partial charge on any atom is -0.475 e. The van der Waals surface area contributed by atoms with Gasteiger partial charge in [0.2, 0.25) is 0 Å². The van der Waals surface area contributed by atoms with Crippen LogP contribution in [-0.4, -0.2) is 16.6 Å². The van der Waals surface area contributed by atoms with Crippen molar-refractivity contribution in [1.29, 1.82) is 0 Å². The van der Waals surface area contributed by atoms with Gasteiger partial charge >= 0.3 is 0 Å². The van der Waals surface area contributed by atoms with Crippen LogP contribution in [0.15, 0.2) is 12.4 Å². The second kappa shape index (κ2) is 7.44. The van der Waals surface area contributed by atoms with Crippen molar-refractivity contribution in [2.75, 3.05) is 6.61 Å². The second-order valence-corrected chi connectivity index (χ2v) is 4.24. The Kier molecular flexibility index (Phi) is 6.16. The van der Waals surface area contributed by atoms with E-state index >= 15 is 0 Å². The second-order valence-electron chi connectivity index (χ2n) is 3.88. The van der Waals surface area contributed by atoms with Gasteiger partial charge in [-0.05, 0) is 12.3 Å². The minimum atomic E-state index is 0.341. The van der Waals surface area contributed by atoms with Crippen LogP contribution in [0.5, 0.6) is 5.88 Å². The highest BCUT2D eigenvalue weighted by Gasteiger charge is 2.09. The van der Waals surface area contributed by atoms with E-state index in [1.807, 2.05) is 0 Å². The molecule has 0 saturated carbocycles. The van der Waals surface area contributed by atoms with Crippen molar-refractivity contribution in [3.8, 4) is 5.88 Å². The van der Waals surface area contributed by atoms with Crippen molar-refractivity contribution in [3.63, 3.8) is 0 Å². The molecule has 0 aromatic carbocycles. The zero-order valence-electron chi connectivity index (χ0n) is 9.95. The van der Waals surface area contributed by atoms with Crippen LogP contribution in [0, 0.1) is 5.92 Å². The van der Waals surface area contributed by atoms with Gasteiger partial charge in [0.25, 0.3) is 5.88 Å². The van der Waals surface area contributed by atoms with E-state index in [-0.39, 0.29) is 0 Å². The number of rotatable bonds is 7. The molecule has 1 atom stereocenters. The Labute approximate surface area is 102 Å². The molecule has 1 unspecified atom stereocenters. The lowest BCUT2D eigenvalue weighted by Crippen LogP contribution is -2.12. The number of hydrogen-bond donors (Lipinski definition) is 0. The summed E-state index contributed by atoms with van der Waals surface area (Å²) in [6, 6.07) is 0. The molecule has 90 valence electrons.